The van der Waals surface area contributed by atoms with Crippen molar-refractivity contribution in [3.63, 3.8) is 0 Å². The van der Waals surface area contributed by atoms with Crippen LogP contribution in [0.4, 0.5) is 5.69 Å². The molecule has 0 spiro atoms. The summed E-state index contributed by atoms with van der Waals surface area (Å²) in [6.45, 7) is 7.35. The smallest absolute Gasteiger partial charge is 0.331 e. The second-order valence-corrected chi connectivity index (χ2v) is 10.2. The highest BCUT2D eigenvalue weighted by Crippen LogP contribution is 2.28. The van der Waals surface area contributed by atoms with Crippen molar-refractivity contribution < 1.29 is 4.79 Å². The number of hydrogen-bond acceptors (Lipinski definition) is 6. The lowest BCUT2D eigenvalue weighted by atomic mass is 10.0. The highest BCUT2D eigenvalue weighted by Gasteiger charge is 2.29. The van der Waals surface area contributed by atoms with Gasteiger partial charge in [-0.15, -0.1) is 0 Å². The second-order valence-electron chi connectivity index (χ2n) is 10.2. The molecule has 1 fully saturated rings. The van der Waals surface area contributed by atoms with E-state index in [2.05, 4.69) is 5.32 Å². The Kier molecular flexibility index (Phi) is 7.10. The lowest BCUT2D eigenvalue weighted by Crippen LogP contribution is -2.46. The lowest BCUT2D eigenvalue weighted by Gasteiger charge is -2.33. The number of nitrogens with zero attached hydrogens (tertiary/aromatic N) is 6. The van der Waals surface area contributed by atoms with Gasteiger partial charge in [-0.2, -0.15) is 5.26 Å². The molecule has 0 bridgehead atoms. The number of carbonyl (C=O) groups is 1. The van der Waals surface area contributed by atoms with Crippen LogP contribution in [0.3, 0.4) is 0 Å². The third kappa shape index (κ3) is 4.29. The number of fused-ring (bicyclic) bond motifs is 2. The van der Waals surface area contributed by atoms with Crippen molar-refractivity contribution in [2.75, 3.05) is 25.0 Å². The number of hydrogen-bond donors (Lipinski definition) is 1. The summed E-state index contributed by atoms with van der Waals surface area (Å²) in [4.78, 5) is 55.0. The van der Waals surface area contributed by atoms with Gasteiger partial charge < -0.3 is 10.2 Å². The van der Waals surface area contributed by atoms with Crippen LogP contribution in [0, 0.1) is 18.3 Å². The summed E-state index contributed by atoms with van der Waals surface area (Å²) in [6, 6.07) is 10.7. The Morgan fingerprint density at radius 3 is 2.25 bits per heavy atom. The molecule has 1 saturated heterocycles. The predicted octanol–water partition coefficient (Wildman–Crippen LogP) is 2.58. The van der Waals surface area contributed by atoms with E-state index >= 15 is 0 Å². The molecule has 40 heavy (non-hydrogen) atoms. The van der Waals surface area contributed by atoms with Gasteiger partial charge >= 0.3 is 11.4 Å². The fraction of sp³-hybridized carbons (Fsp3) is 0.414. The molecule has 0 saturated carbocycles. The summed E-state index contributed by atoms with van der Waals surface area (Å²) in [7, 11) is 1.67. The zero-order valence-corrected chi connectivity index (χ0v) is 23.2. The monoisotopic (exact) mass is 543 g/mol. The van der Waals surface area contributed by atoms with Crippen LogP contribution in [0.25, 0.3) is 21.9 Å². The topological polar surface area (TPSA) is 127 Å². The molecule has 1 aliphatic heterocycles. The van der Waals surface area contributed by atoms with Gasteiger partial charge in [-0.1, -0.05) is 11.6 Å². The van der Waals surface area contributed by atoms with Crippen molar-refractivity contribution in [2.24, 2.45) is 7.05 Å². The van der Waals surface area contributed by atoms with Gasteiger partial charge in [-0.25, -0.2) is 9.59 Å². The summed E-state index contributed by atoms with van der Waals surface area (Å²) in [5.74, 6) is -0.227. The lowest BCUT2D eigenvalue weighted by molar-refractivity contribution is 0.0692. The summed E-state index contributed by atoms with van der Waals surface area (Å²) in [5, 5.41) is 12.7. The number of aromatic nitrogens is 4. The Morgan fingerprint density at radius 1 is 0.975 bits per heavy atom. The summed E-state index contributed by atoms with van der Waals surface area (Å²) >= 11 is 0. The second kappa shape index (κ2) is 10.5. The Hall–Kier alpha value is -4.59. The fourth-order valence-corrected chi connectivity index (χ4v) is 5.84. The van der Waals surface area contributed by atoms with E-state index in [-0.39, 0.29) is 35.4 Å². The molecule has 5 rings (SSSR count). The first kappa shape index (κ1) is 27.0. The van der Waals surface area contributed by atoms with Crippen LogP contribution in [0.15, 0.2) is 44.7 Å². The van der Waals surface area contributed by atoms with Gasteiger partial charge in [-0.3, -0.25) is 27.9 Å². The number of nitrogens with one attached hydrogen (secondary N) is 1. The molecule has 11 heteroatoms. The fourth-order valence-electron chi connectivity index (χ4n) is 5.84. The number of imidazole rings is 1. The first-order valence-electron chi connectivity index (χ1n) is 13.6. The van der Waals surface area contributed by atoms with Crippen molar-refractivity contribution in [1.29, 1.82) is 5.26 Å². The predicted molar refractivity (Wildman–Crippen MR) is 154 cm³/mol. The minimum atomic E-state index is -0.363. The Labute approximate surface area is 230 Å². The largest absolute Gasteiger partial charge is 0.372 e. The quantitative estimate of drug-likeness (QED) is 0.373. The molecule has 0 aliphatic carbocycles. The molecule has 208 valence electrons. The minimum Gasteiger partial charge on any atom is -0.372 e. The van der Waals surface area contributed by atoms with Crippen molar-refractivity contribution >= 4 is 33.5 Å². The van der Waals surface area contributed by atoms with Crippen molar-refractivity contribution in [3.8, 4) is 6.07 Å². The average molecular weight is 544 g/mol. The Bertz CT molecular complexity index is 1860. The number of benzene rings is 2. The number of anilines is 1. The highest BCUT2D eigenvalue weighted by atomic mass is 16.2. The van der Waals surface area contributed by atoms with Crippen molar-refractivity contribution in [2.45, 2.75) is 52.7 Å². The highest BCUT2D eigenvalue weighted by molar-refractivity contribution is 6.03. The van der Waals surface area contributed by atoms with Gasteiger partial charge in [0.25, 0.3) is 11.5 Å². The first-order valence-corrected chi connectivity index (χ1v) is 13.6. The zero-order valence-electron chi connectivity index (χ0n) is 23.2. The molecule has 0 unspecified atom stereocenters. The number of carbonyl (C=O) groups excluding carboxylic acids is 1. The SMILES string of the molecule is CCn1c(=O)n(CC)c2cc(C(=O)N3CCC(n4c(=O)c5cc(C)ccc5n(C)c4=O)CC3)c(NCC#N)cc21. The molecule has 2 aromatic heterocycles. The molecular formula is C29H33N7O4. The molecule has 0 atom stereocenters. The number of aryl methyl sites for hydroxylation is 4. The van der Waals surface area contributed by atoms with Crippen LogP contribution in [0.5, 0.6) is 0 Å². The maximum absolute atomic E-state index is 13.8. The van der Waals surface area contributed by atoms with Gasteiger partial charge in [0.15, 0.2) is 0 Å². The number of amides is 1. The van der Waals surface area contributed by atoms with E-state index in [1.54, 1.807) is 45.3 Å². The molecule has 1 amide bonds. The number of rotatable bonds is 6. The number of nitriles is 1. The number of piperidine rings is 1. The average Bonchev–Trinajstić information content (AvgIpc) is 3.23. The molecule has 0 radical (unpaired) electrons. The standard InChI is InChI=1S/C29H33N7O4/c1-5-34-24-16-20(22(31-12-11-30)17-25(24)35(6-2)29(34)40)26(37)33-13-9-19(10-14-33)36-27(38)21-15-18(3)7-8-23(21)32(4)28(36)39/h7-8,15-17,19,31H,5-6,9-10,12-14H2,1-4H3. The normalized spacial score (nSPS) is 14.1. The first-order chi connectivity index (χ1) is 19.2. The van der Waals surface area contributed by atoms with Gasteiger partial charge in [0, 0.05) is 45.0 Å². The molecule has 3 heterocycles. The molecule has 11 nitrogen and oxygen atoms in total. The maximum Gasteiger partial charge on any atom is 0.331 e. The van der Waals surface area contributed by atoms with Gasteiger partial charge in [0.2, 0.25) is 0 Å². The summed E-state index contributed by atoms with van der Waals surface area (Å²) < 4.78 is 6.13. The molecular weight excluding hydrogens is 510 g/mol. The van der Waals surface area contributed by atoms with Gasteiger partial charge in [0.05, 0.1) is 33.6 Å². The zero-order chi connectivity index (χ0) is 28.7. The van der Waals surface area contributed by atoms with Crippen LogP contribution in [0.1, 0.15) is 48.7 Å². The maximum atomic E-state index is 13.8. The van der Waals surface area contributed by atoms with E-state index < -0.39 is 0 Å². The molecule has 2 aromatic carbocycles. The van der Waals surface area contributed by atoms with Gasteiger partial charge in [0.1, 0.15) is 6.54 Å². The summed E-state index contributed by atoms with van der Waals surface area (Å²) in [5.41, 5.74) is 2.96. The van der Waals surface area contributed by atoms with Crippen LogP contribution in [0.2, 0.25) is 0 Å². The van der Waals surface area contributed by atoms with Gasteiger partial charge in [-0.05, 0) is 57.9 Å². The molecule has 4 aromatic rings. The minimum absolute atomic E-state index is 0.00630. The summed E-state index contributed by atoms with van der Waals surface area (Å²) in [6.07, 6.45) is 0.903. The van der Waals surface area contributed by atoms with E-state index in [9.17, 15) is 19.2 Å². The molecule has 1 aliphatic rings. The van der Waals surface area contributed by atoms with Crippen molar-refractivity contribution in [1.82, 2.24) is 23.2 Å². The Morgan fingerprint density at radius 2 is 1.62 bits per heavy atom. The third-order valence-electron chi connectivity index (χ3n) is 7.95. The Balaban J connectivity index is 1.48. The van der Waals surface area contributed by atoms with Crippen LogP contribution < -0.4 is 22.3 Å². The van der Waals surface area contributed by atoms with E-state index in [1.165, 1.54) is 9.13 Å². The van der Waals surface area contributed by atoms with Crippen LogP contribution >= 0.6 is 0 Å². The van der Waals surface area contributed by atoms with Crippen molar-refractivity contribution in [3.05, 3.63) is 72.8 Å². The van der Waals surface area contributed by atoms with E-state index in [1.807, 2.05) is 32.9 Å². The van der Waals surface area contributed by atoms with Crippen LogP contribution in [-0.4, -0.2) is 48.7 Å². The van der Waals surface area contributed by atoms with E-state index in [4.69, 9.17) is 5.26 Å². The third-order valence-corrected chi connectivity index (χ3v) is 7.95. The van der Waals surface area contributed by atoms with Crippen LogP contribution in [-0.2, 0) is 20.1 Å². The van der Waals surface area contributed by atoms with E-state index in [0.717, 1.165) is 5.56 Å². The van der Waals surface area contributed by atoms with E-state index in [0.29, 0.717) is 72.2 Å². The molecule has 1 N–H and O–H groups in total. The number of likely N-dealkylation sites (tertiary alicyclic amines) is 1.